The van der Waals surface area contributed by atoms with Crippen LogP contribution in [0.15, 0.2) is 18.2 Å². The molecular formula is C12H11ClFN3S2. The fourth-order valence-electron chi connectivity index (χ4n) is 1.36. The number of hydrogen-bond donors (Lipinski definition) is 2. The van der Waals surface area contributed by atoms with Gasteiger partial charge in [0.2, 0.25) is 0 Å². The number of nitrogens with zero attached hydrogens (tertiary/aromatic N) is 1. The fourth-order valence-corrected chi connectivity index (χ4v) is 2.64. The summed E-state index contributed by atoms with van der Waals surface area (Å²) >= 11 is 12.4. The molecule has 0 atom stereocenters. The normalized spacial score (nSPS) is 10.3. The van der Waals surface area contributed by atoms with Crippen LogP contribution in [-0.2, 0) is 0 Å². The Balaban J connectivity index is 2.03. The highest BCUT2D eigenvalue weighted by Gasteiger charge is 2.06. The Kier molecular flexibility index (Phi) is 4.34. The van der Waals surface area contributed by atoms with Crippen molar-refractivity contribution in [1.82, 2.24) is 4.98 Å². The molecule has 100 valence electrons. The molecule has 2 aromatic rings. The van der Waals surface area contributed by atoms with Crippen LogP contribution in [0.3, 0.4) is 0 Å². The molecule has 0 saturated carbocycles. The molecule has 3 nitrogen and oxygen atoms in total. The average Bonchev–Trinajstić information content (AvgIpc) is 2.63. The van der Waals surface area contributed by atoms with Crippen molar-refractivity contribution in [2.24, 2.45) is 0 Å². The summed E-state index contributed by atoms with van der Waals surface area (Å²) in [5.74, 6) is -0.461. The molecule has 1 heterocycles. The van der Waals surface area contributed by atoms with Crippen LogP contribution < -0.4 is 10.6 Å². The van der Waals surface area contributed by atoms with E-state index in [0.29, 0.717) is 10.8 Å². The van der Waals surface area contributed by atoms with E-state index in [9.17, 15) is 4.39 Å². The molecule has 0 radical (unpaired) electrons. The maximum Gasteiger partial charge on any atom is 0.189 e. The number of halogens is 2. The number of thiocarbonyl (C=S) groups is 1. The quantitative estimate of drug-likeness (QED) is 0.807. The number of anilines is 2. The van der Waals surface area contributed by atoms with Crippen molar-refractivity contribution in [3.63, 3.8) is 0 Å². The SMILES string of the molecule is Cc1nc(NC(=S)Nc2ccc(F)c(Cl)c2)sc1C. The summed E-state index contributed by atoms with van der Waals surface area (Å²) in [6.07, 6.45) is 0. The van der Waals surface area contributed by atoms with Crippen LogP contribution in [0.5, 0.6) is 0 Å². The van der Waals surface area contributed by atoms with E-state index in [-0.39, 0.29) is 5.02 Å². The van der Waals surface area contributed by atoms with E-state index in [1.165, 1.54) is 23.5 Å². The Morgan fingerprint density at radius 3 is 2.68 bits per heavy atom. The van der Waals surface area contributed by atoms with Gasteiger partial charge in [-0.25, -0.2) is 9.37 Å². The lowest BCUT2D eigenvalue weighted by atomic mass is 10.3. The van der Waals surface area contributed by atoms with Crippen molar-refractivity contribution in [3.8, 4) is 0 Å². The third kappa shape index (κ3) is 3.62. The molecule has 1 aromatic carbocycles. The Morgan fingerprint density at radius 1 is 1.37 bits per heavy atom. The Hall–Kier alpha value is -1.24. The summed E-state index contributed by atoms with van der Waals surface area (Å²) in [6.45, 7) is 3.93. The molecular weight excluding hydrogens is 305 g/mol. The van der Waals surface area contributed by atoms with Crippen molar-refractivity contribution in [3.05, 3.63) is 39.6 Å². The molecule has 0 saturated heterocycles. The maximum absolute atomic E-state index is 13.0. The second kappa shape index (κ2) is 5.81. The standard InChI is InChI=1S/C12H11ClFN3S2/c1-6-7(2)19-12(15-6)17-11(18)16-8-3-4-10(14)9(13)5-8/h3-5H,1-2H3,(H2,15,16,17,18). The third-order valence-electron chi connectivity index (χ3n) is 2.43. The molecule has 0 amide bonds. The Bertz CT molecular complexity index is 608. The molecule has 0 spiro atoms. The van der Waals surface area contributed by atoms with Gasteiger partial charge in [0.1, 0.15) is 5.82 Å². The Labute approximate surface area is 124 Å². The predicted molar refractivity (Wildman–Crippen MR) is 82.8 cm³/mol. The van der Waals surface area contributed by atoms with Gasteiger partial charge in [-0.2, -0.15) is 0 Å². The lowest BCUT2D eigenvalue weighted by Gasteiger charge is -2.08. The highest BCUT2D eigenvalue weighted by atomic mass is 35.5. The van der Waals surface area contributed by atoms with Gasteiger partial charge in [0.15, 0.2) is 10.2 Å². The van der Waals surface area contributed by atoms with E-state index >= 15 is 0 Å². The number of rotatable bonds is 2. The van der Waals surface area contributed by atoms with Crippen LogP contribution in [0.1, 0.15) is 10.6 Å². The van der Waals surface area contributed by atoms with E-state index < -0.39 is 5.82 Å². The van der Waals surface area contributed by atoms with Crippen molar-refractivity contribution < 1.29 is 4.39 Å². The molecule has 0 unspecified atom stereocenters. The lowest BCUT2D eigenvalue weighted by molar-refractivity contribution is 0.628. The first kappa shape index (κ1) is 14.2. The minimum absolute atomic E-state index is 0.0498. The largest absolute Gasteiger partial charge is 0.332 e. The number of nitrogens with one attached hydrogen (secondary N) is 2. The average molecular weight is 316 g/mol. The molecule has 0 fully saturated rings. The summed E-state index contributed by atoms with van der Waals surface area (Å²) in [6, 6.07) is 4.32. The summed E-state index contributed by atoms with van der Waals surface area (Å²) in [5, 5.41) is 7.06. The Morgan fingerprint density at radius 2 is 2.11 bits per heavy atom. The smallest absolute Gasteiger partial charge is 0.189 e. The molecule has 2 rings (SSSR count). The fraction of sp³-hybridized carbons (Fsp3) is 0.167. The first-order chi connectivity index (χ1) is 8.95. The molecule has 0 aliphatic heterocycles. The predicted octanol–water partition coefficient (Wildman–Crippen LogP) is 4.36. The zero-order chi connectivity index (χ0) is 14.0. The number of benzene rings is 1. The summed E-state index contributed by atoms with van der Waals surface area (Å²) < 4.78 is 13.0. The van der Waals surface area contributed by atoms with Gasteiger partial charge in [-0.15, -0.1) is 11.3 Å². The van der Waals surface area contributed by atoms with Gasteiger partial charge >= 0.3 is 0 Å². The minimum Gasteiger partial charge on any atom is -0.332 e. The molecule has 2 N–H and O–H groups in total. The first-order valence-electron chi connectivity index (χ1n) is 5.43. The topological polar surface area (TPSA) is 37.0 Å². The van der Waals surface area contributed by atoms with Gasteiger partial charge in [0, 0.05) is 10.6 Å². The maximum atomic E-state index is 13.0. The van der Waals surface area contributed by atoms with Crippen LogP contribution >= 0.6 is 35.2 Å². The van der Waals surface area contributed by atoms with Gasteiger partial charge in [-0.3, -0.25) is 0 Å². The number of aryl methyl sites for hydroxylation is 2. The molecule has 0 bridgehead atoms. The van der Waals surface area contributed by atoms with Gasteiger partial charge in [0.05, 0.1) is 10.7 Å². The van der Waals surface area contributed by atoms with Crippen LogP contribution in [0.4, 0.5) is 15.2 Å². The zero-order valence-corrected chi connectivity index (χ0v) is 12.6. The monoisotopic (exact) mass is 315 g/mol. The molecule has 7 heteroatoms. The van der Waals surface area contributed by atoms with E-state index in [1.54, 1.807) is 6.07 Å². The van der Waals surface area contributed by atoms with Crippen LogP contribution in [0.2, 0.25) is 5.02 Å². The van der Waals surface area contributed by atoms with Crippen molar-refractivity contribution in [2.75, 3.05) is 10.6 Å². The lowest BCUT2D eigenvalue weighted by Crippen LogP contribution is -2.18. The number of aromatic nitrogens is 1. The van der Waals surface area contributed by atoms with Gasteiger partial charge in [-0.1, -0.05) is 11.6 Å². The van der Waals surface area contributed by atoms with Crippen molar-refractivity contribution >= 4 is 51.1 Å². The summed E-state index contributed by atoms with van der Waals surface area (Å²) in [5.41, 5.74) is 1.59. The van der Waals surface area contributed by atoms with Crippen molar-refractivity contribution in [2.45, 2.75) is 13.8 Å². The van der Waals surface area contributed by atoms with E-state index in [1.807, 2.05) is 13.8 Å². The summed E-state index contributed by atoms with van der Waals surface area (Å²) in [4.78, 5) is 5.45. The molecule has 19 heavy (non-hydrogen) atoms. The van der Waals surface area contributed by atoms with Gasteiger partial charge < -0.3 is 10.6 Å². The molecule has 1 aromatic heterocycles. The van der Waals surface area contributed by atoms with Crippen molar-refractivity contribution in [1.29, 1.82) is 0 Å². The van der Waals surface area contributed by atoms with E-state index in [4.69, 9.17) is 23.8 Å². The van der Waals surface area contributed by atoms with E-state index in [2.05, 4.69) is 15.6 Å². The highest BCUT2D eigenvalue weighted by molar-refractivity contribution is 7.80. The van der Waals surface area contributed by atoms with Crippen LogP contribution in [0.25, 0.3) is 0 Å². The van der Waals surface area contributed by atoms with E-state index in [0.717, 1.165) is 15.7 Å². The highest BCUT2D eigenvalue weighted by Crippen LogP contribution is 2.22. The number of hydrogen-bond acceptors (Lipinski definition) is 3. The van der Waals surface area contributed by atoms with Crippen LogP contribution in [-0.4, -0.2) is 10.1 Å². The van der Waals surface area contributed by atoms with Gasteiger partial charge in [-0.05, 0) is 44.3 Å². The minimum atomic E-state index is -0.461. The van der Waals surface area contributed by atoms with Crippen LogP contribution in [0, 0.1) is 19.7 Å². The second-order valence-corrected chi connectivity index (χ2v) is 5.89. The second-order valence-electron chi connectivity index (χ2n) is 3.87. The number of thiazole rings is 1. The summed E-state index contributed by atoms with van der Waals surface area (Å²) in [7, 11) is 0. The first-order valence-corrected chi connectivity index (χ1v) is 7.03. The van der Waals surface area contributed by atoms with Gasteiger partial charge in [0.25, 0.3) is 0 Å². The molecule has 0 aliphatic rings. The zero-order valence-electron chi connectivity index (χ0n) is 10.3. The third-order valence-corrected chi connectivity index (χ3v) is 3.91. The molecule has 0 aliphatic carbocycles.